The molecule has 0 amide bonds. The van der Waals surface area contributed by atoms with Crippen LogP contribution in [0.25, 0.3) is 12.2 Å². The minimum Gasteiger partial charge on any atom is -0.342 e. The van der Waals surface area contributed by atoms with E-state index in [9.17, 15) is 0 Å². The van der Waals surface area contributed by atoms with Gasteiger partial charge in [0.15, 0.2) is 5.82 Å². The van der Waals surface area contributed by atoms with Crippen LogP contribution in [0.4, 0.5) is 0 Å². The molecule has 0 aliphatic heterocycles. The van der Waals surface area contributed by atoms with Crippen LogP contribution in [-0.4, -0.2) is 10.1 Å². The van der Waals surface area contributed by atoms with Crippen LogP contribution < -0.4 is 0 Å². The predicted octanol–water partition coefficient (Wildman–Crippen LogP) is 2.11. The van der Waals surface area contributed by atoms with Crippen molar-refractivity contribution in [3.8, 4) is 6.07 Å². The lowest BCUT2D eigenvalue weighted by Crippen LogP contribution is -1.76. The number of aromatic nitrogens is 2. The molecule has 0 aliphatic carbocycles. The molecule has 0 unspecified atom stereocenters. The fourth-order valence-electron chi connectivity index (χ4n) is 1.09. The van der Waals surface area contributed by atoms with E-state index in [0.717, 1.165) is 5.56 Å². The van der Waals surface area contributed by atoms with E-state index in [-0.39, 0.29) is 0 Å². The largest absolute Gasteiger partial charge is 0.342 e. The summed E-state index contributed by atoms with van der Waals surface area (Å²) in [6.07, 6.45) is 4.87. The Balaban J connectivity index is 2.15. The Hall–Kier alpha value is -2.41. The number of hydrogen-bond acceptors (Lipinski definition) is 4. The summed E-state index contributed by atoms with van der Waals surface area (Å²) in [5, 5.41) is 12.2. The summed E-state index contributed by atoms with van der Waals surface area (Å²) in [5.74, 6) is 0.527. The highest BCUT2D eigenvalue weighted by Crippen LogP contribution is 2.06. The van der Waals surface area contributed by atoms with Crippen LogP contribution in [0.15, 0.2) is 35.2 Å². The van der Waals surface area contributed by atoms with Crippen LogP contribution in [0.5, 0.6) is 0 Å². The molecule has 0 spiro atoms. The van der Waals surface area contributed by atoms with Gasteiger partial charge in [-0.1, -0.05) is 23.4 Å². The molecule has 0 N–H and O–H groups in total. The Morgan fingerprint density at radius 1 is 1.20 bits per heavy atom. The molecule has 4 nitrogen and oxygen atoms in total. The zero-order valence-corrected chi connectivity index (χ0v) is 7.79. The van der Waals surface area contributed by atoms with Crippen LogP contribution in [0, 0.1) is 11.3 Å². The van der Waals surface area contributed by atoms with Gasteiger partial charge in [0, 0.05) is 0 Å². The maximum absolute atomic E-state index is 8.61. The molecule has 1 heterocycles. The van der Waals surface area contributed by atoms with Gasteiger partial charge in [-0.3, -0.25) is 0 Å². The van der Waals surface area contributed by atoms with Crippen LogP contribution in [0.2, 0.25) is 0 Å². The summed E-state index contributed by atoms with van der Waals surface area (Å²) in [5.41, 5.74) is 1.63. The third kappa shape index (κ3) is 2.29. The van der Waals surface area contributed by atoms with Crippen molar-refractivity contribution in [2.75, 3.05) is 0 Å². The molecule has 0 fully saturated rings. The van der Waals surface area contributed by atoms with Crippen molar-refractivity contribution in [3.63, 3.8) is 0 Å². The first kappa shape index (κ1) is 9.16. The van der Waals surface area contributed by atoms with E-state index in [4.69, 9.17) is 5.26 Å². The number of rotatable bonds is 2. The van der Waals surface area contributed by atoms with E-state index in [1.807, 2.05) is 18.2 Å². The molecule has 1 aromatic carbocycles. The zero-order valence-electron chi connectivity index (χ0n) is 7.79. The Kier molecular flexibility index (Phi) is 2.56. The average molecular weight is 197 g/mol. The summed E-state index contributed by atoms with van der Waals surface area (Å²) in [4.78, 5) is 3.85. The molecule has 1 aromatic heterocycles. The van der Waals surface area contributed by atoms with Gasteiger partial charge in [-0.2, -0.15) is 10.2 Å². The topological polar surface area (TPSA) is 62.7 Å². The van der Waals surface area contributed by atoms with Crippen molar-refractivity contribution in [1.82, 2.24) is 10.1 Å². The molecule has 4 heteroatoms. The third-order valence-electron chi connectivity index (χ3n) is 1.84. The highest BCUT2D eigenvalue weighted by Gasteiger charge is 1.92. The summed E-state index contributed by atoms with van der Waals surface area (Å²) in [6, 6.07) is 9.29. The Morgan fingerprint density at radius 2 is 2.00 bits per heavy atom. The number of nitriles is 1. The Morgan fingerprint density at radius 3 is 2.60 bits per heavy atom. The van der Waals surface area contributed by atoms with E-state index >= 15 is 0 Å². The fourth-order valence-corrected chi connectivity index (χ4v) is 1.09. The van der Waals surface area contributed by atoms with Crippen LogP contribution in [0.1, 0.15) is 17.0 Å². The molecule has 0 radical (unpaired) electrons. The summed E-state index contributed by atoms with van der Waals surface area (Å²) in [7, 11) is 0. The number of nitrogens with zero attached hydrogens (tertiary/aromatic N) is 3. The van der Waals surface area contributed by atoms with Crippen molar-refractivity contribution in [2.24, 2.45) is 0 Å². The average Bonchev–Trinajstić information content (AvgIpc) is 2.80. The van der Waals surface area contributed by atoms with Gasteiger partial charge in [0.1, 0.15) is 0 Å². The lowest BCUT2D eigenvalue weighted by Gasteiger charge is -1.91. The summed E-state index contributed by atoms with van der Waals surface area (Å²) in [6.45, 7) is 0. The second-order valence-corrected chi connectivity index (χ2v) is 2.86. The van der Waals surface area contributed by atoms with Gasteiger partial charge in [-0.15, -0.1) is 0 Å². The standard InChI is InChI=1S/C11H7N3O/c12-7-10-3-1-9(2-4-10)5-6-11-13-8-15-14-11/h1-6,8H/b6-5+. The highest BCUT2D eigenvalue weighted by atomic mass is 16.5. The van der Waals surface area contributed by atoms with E-state index in [1.165, 1.54) is 6.39 Å². The SMILES string of the molecule is N#Cc1ccc(/C=C/c2ncon2)cc1. The van der Waals surface area contributed by atoms with Gasteiger partial charge in [0.2, 0.25) is 6.39 Å². The molecule has 0 saturated carbocycles. The molecule has 0 aliphatic rings. The maximum atomic E-state index is 8.61. The normalized spacial score (nSPS) is 10.3. The fraction of sp³-hybridized carbons (Fsp3) is 0. The molecule has 0 saturated heterocycles. The van der Waals surface area contributed by atoms with Gasteiger partial charge >= 0.3 is 0 Å². The van der Waals surface area contributed by atoms with Gasteiger partial charge in [-0.25, -0.2) is 0 Å². The molecule has 72 valence electrons. The quantitative estimate of drug-likeness (QED) is 0.739. The predicted molar refractivity (Wildman–Crippen MR) is 54.4 cm³/mol. The molecule has 0 bridgehead atoms. The molecule has 2 aromatic rings. The van der Waals surface area contributed by atoms with Gasteiger partial charge in [-0.05, 0) is 23.8 Å². The Labute approximate surface area is 86.5 Å². The van der Waals surface area contributed by atoms with Crippen LogP contribution >= 0.6 is 0 Å². The second kappa shape index (κ2) is 4.20. The lowest BCUT2D eigenvalue weighted by atomic mass is 10.1. The molecule has 15 heavy (non-hydrogen) atoms. The summed E-state index contributed by atoms with van der Waals surface area (Å²) < 4.78 is 4.58. The highest BCUT2D eigenvalue weighted by molar-refractivity contribution is 5.66. The van der Waals surface area contributed by atoms with Crippen molar-refractivity contribution < 1.29 is 4.52 Å². The molecule has 0 atom stereocenters. The maximum Gasteiger partial charge on any atom is 0.214 e. The van der Waals surface area contributed by atoms with Crippen LogP contribution in [-0.2, 0) is 0 Å². The van der Waals surface area contributed by atoms with Crippen LogP contribution in [0.3, 0.4) is 0 Å². The number of hydrogen-bond donors (Lipinski definition) is 0. The zero-order chi connectivity index (χ0) is 10.5. The van der Waals surface area contributed by atoms with Gasteiger partial charge in [0.05, 0.1) is 11.6 Å². The first-order valence-electron chi connectivity index (χ1n) is 4.33. The lowest BCUT2D eigenvalue weighted by molar-refractivity contribution is 0.415. The monoisotopic (exact) mass is 197 g/mol. The first-order valence-corrected chi connectivity index (χ1v) is 4.33. The smallest absolute Gasteiger partial charge is 0.214 e. The van der Waals surface area contributed by atoms with E-state index in [2.05, 4.69) is 20.7 Å². The van der Waals surface area contributed by atoms with Gasteiger partial charge < -0.3 is 4.52 Å². The van der Waals surface area contributed by atoms with Crippen molar-refractivity contribution in [2.45, 2.75) is 0 Å². The second-order valence-electron chi connectivity index (χ2n) is 2.86. The summed E-state index contributed by atoms with van der Waals surface area (Å²) >= 11 is 0. The van der Waals surface area contributed by atoms with E-state index in [0.29, 0.717) is 11.4 Å². The van der Waals surface area contributed by atoms with E-state index in [1.54, 1.807) is 18.2 Å². The first-order chi connectivity index (χ1) is 7.38. The minimum absolute atomic E-state index is 0.527. The molecular formula is C11H7N3O. The molecule has 2 rings (SSSR count). The van der Waals surface area contributed by atoms with Gasteiger partial charge in [0.25, 0.3) is 0 Å². The van der Waals surface area contributed by atoms with Crippen molar-refractivity contribution in [1.29, 1.82) is 5.26 Å². The van der Waals surface area contributed by atoms with Crippen molar-refractivity contribution in [3.05, 3.63) is 47.6 Å². The number of benzene rings is 1. The third-order valence-corrected chi connectivity index (χ3v) is 1.84. The molecular weight excluding hydrogens is 190 g/mol. The van der Waals surface area contributed by atoms with Crippen molar-refractivity contribution >= 4 is 12.2 Å². The van der Waals surface area contributed by atoms with E-state index < -0.39 is 0 Å². The Bertz CT molecular complexity index is 492. The minimum atomic E-state index is 0.527.